The molecule has 0 unspecified atom stereocenters. The number of ketones is 1. The smallest absolute Gasteiger partial charge is 0.344 e. The highest BCUT2D eigenvalue weighted by Gasteiger charge is 2.45. The van der Waals surface area contributed by atoms with Crippen LogP contribution in [0.2, 0.25) is 0 Å². The van der Waals surface area contributed by atoms with Crippen molar-refractivity contribution >= 4 is 23.3 Å². The molecule has 3 rings (SSSR count). The average Bonchev–Trinajstić information content (AvgIpc) is 3.08. The van der Waals surface area contributed by atoms with Crippen LogP contribution in [0.5, 0.6) is 11.5 Å². The lowest BCUT2D eigenvalue weighted by molar-refractivity contribution is -0.155. The zero-order valence-corrected chi connectivity index (χ0v) is 20.3. The molecule has 2 aliphatic rings. The van der Waals surface area contributed by atoms with Crippen molar-refractivity contribution in [2.45, 2.75) is 64.6 Å². The van der Waals surface area contributed by atoms with E-state index in [2.05, 4.69) is 5.32 Å². The van der Waals surface area contributed by atoms with Crippen LogP contribution < -0.4 is 14.8 Å². The number of rotatable bonds is 4. The second kappa shape index (κ2) is 10.5. The molecule has 0 aromatic heterocycles. The van der Waals surface area contributed by atoms with E-state index in [0.717, 1.165) is 0 Å². The number of ether oxygens (including phenoxy) is 6. The fraction of sp³-hybridized carbons (Fsp3) is 0.542. The second-order valence-corrected chi connectivity index (χ2v) is 8.61. The van der Waals surface area contributed by atoms with Gasteiger partial charge in [0.25, 0.3) is 0 Å². The number of benzene rings is 1. The summed E-state index contributed by atoms with van der Waals surface area (Å²) in [4.78, 5) is 39.0. The van der Waals surface area contributed by atoms with E-state index >= 15 is 0 Å². The van der Waals surface area contributed by atoms with Gasteiger partial charge >= 0.3 is 5.97 Å². The van der Waals surface area contributed by atoms with Crippen LogP contribution in [0, 0.1) is 0 Å². The van der Waals surface area contributed by atoms with Gasteiger partial charge in [-0.2, -0.15) is 0 Å². The number of Topliss-reactive ketones (excluding diaryl/α,β-unsaturated/α-hetero) is 1. The minimum absolute atomic E-state index is 0.0134. The Morgan fingerprint density at radius 3 is 2.56 bits per heavy atom. The summed E-state index contributed by atoms with van der Waals surface area (Å²) in [6, 6.07) is 3.00. The summed E-state index contributed by atoms with van der Waals surface area (Å²) in [6.07, 6.45) is -0.769. The van der Waals surface area contributed by atoms with E-state index < -0.39 is 36.0 Å². The molecule has 34 heavy (non-hydrogen) atoms. The predicted molar refractivity (Wildman–Crippen MR) is 121 cm³/mol. The number of methoxy groups -OCH3 is 2. The zero-order valence-electron chi connectivity index (χ0n) is 20.3. The molecule has 1 fully saturated rings. The third kappa shape index (κ3) is 5.94. The van der Waals surface area contributed by atoms with Crippen molar-refractivity contribution in [3.63, 3.8) is 0 Å². The Hall–Kier alpha value is -2.95. The SMILES string of the molecule is COCOc1cc(OC)cc2c1C(=O)O[C@@H](C)C(C)=CCC(=O)[C@H]1OC(C)(C)O[C@H]1CC(=O)N2. The molecule has 3 atom stereocenters. The van der Waals surface area contributed by atoms with Crippen molar-refractivity contribution in [3.8, 4) is 11.5 Å². The van der Waals surface area contributed by atoms with Gasteiger partial charge in [-0.1, -0.05) is 6.08 Å². The van der Waals surface area contributed by atoms with Gasteiger partial charge in [0.05, 0.1) is 19.2 Å². The highest BCUT2D eigenvalue weighted by atomic mass is 16.8. The first-order valence-electron chi connectivity index (χ1n) is 10.9. The monoisotopic (exact) mass is 477 g/mol. The predicted octanol–water partition coefficient (Wildman–Crippen LogP) is 2.99. The van der Waals surface area contributed by atoms with Crippen molar-refractivity contribution in [1.82, 2.24) is 0 Å². The molecule has 1 amide bonds. The van der Waals surface area contributed by atoms with Crippen molar-refractivity contribution in [2.24, 2.45) is 0 Å². The third-order valence-corrected chi connectivity index (χ3v) is 5.56. The van der Waals surface area contributed by atoms with E-state index in [9.17, 15) is 14.4 Å². The number of amides is 1. The minimum atomic E-state index is -1.02. The molecule has 1 N–H and O–H groups in total. The maximum Gasteiger partial charge on any atom is 0.344 e. The molecular weight excluding hydrogens is 446 g/mol. The Morgan fingerprint density at radius 2 is 1.88 bits per heavy atom. The molecule has 186 valence electrons. The quantitative estimate of drug-likeness (QED) is 0.396. The van der Waals surface area contributed by atoms with Crippen molar-refractivity contribution in [1.29, 1.82) is 0 Å². The van der Waals surface area contributed by atoms with Crippen LogP contribution in [0.1, 0.15) is 50.9 Å². The summed E-state index contributed by atoms with van der Waals surface area (Å²) in [7, 11) is 2.89. The van der Waals surface area contributed by atoms with Crippen molar-refractivity contribution in [2.75, 3.05) is 26.3 Å². The normalized spacial score (nSPS) is 25.3. The van der Waals surface area contributed by atoms with Crippen LogP contribution in [0.4, 0.5) is 5.69 Å². The zero-order chi connectivity index (χ0) is 25.0. The first-order chi connectivity index (χ1) is 16.0. The Morgan fingerprint density at radius 1 is 1.15 bits per heavy atom. The summed E-state index contributed by atoms with van der Waals surface area (Å²) in [6.45, 7) is 6.70. The molecule has 0 radical (unpaired) electrons. The summed E-state index contributed by atoms with van der Waals surface area (Å²) < 4.78 is 33.1. The van der Waals surface area contributed by atoms with E-state index in [1.165, 1.54) is 26.4 Å². The summed E-state index contributed by atoms with van der Waals surface area (Å²) in [5, 5.41) is 2.72. The van der Waals surface area contributed by atoms with Gasteiger partial charge in [-0.25, -0.2) is 4.79 Å². The Bertz CT molecular complexity index is 985. The lowest BCUT2D eigenvalue weighted by Gasteiger charge is -2.21. The van der Waals surface area contributed by atoms with Crippen LogP contribution in [0.15, 0.2) is 23.8 Å². The maximum atomic E-state index is 13.2. The number of hydrogen-bond donors (Lipinski definition) is 1. The lowest BCUT2D eigenvalue weighted by atomic mass is 10.0. The van der Waals surface area contributed by atoms with Crippen molar-refractivity contribution in [3.05, 3.63) is 29.3 Å². The van der Waals surface area contributed by atoms with Gasteiger partial charge in [-0.15, -0.1) is 0 Å². The summed E-state index contributed by atoms with van der Waals surface area (Å²) >= 11 is 0. The molecule has 0 bridgehead atoms. The molecule has 10 heteroatoms. The number of allylic oxidation sites excluding steroid dienone is 1. The lowest BCUT2D eigenvalue weighted by Crippen LogP contribution is -2.34. The molecule has 0 aliphatic carbocycles. The molecule has 0 saturated carbocycles. The fourth-order valence-corrected chi connectivity index (χ4v) is 3.75. The number of esters is 1. The molecule has 1 aromatic rings. The van der Waals surface area contributed by atoms with Gasteiger partial charge in [0.15, 0.2) is 18.4 Å². The number of anilines is 1. The molecule has 2 heterocycles. The van der Waals surface area contributed by atoms with Gasteiger partial charge in [-0.05, 0) is 33.3 Å². The van der Waals surface area contributed by atoms with Gasteiger partial charge in [-0.3, -0.25) is 9.59 Å². The molecule has 0 spiro atoms. The average molecular weight is 478 g/mol. The highest BCUT2D eigenvalue weighted by Crippen LogP contribution is 2.36. The summed E-state index contributed by atoms with van der Waals surface area (Å²) in [5.74, 6) is -1.98. The highest BCUT2D eigenvalue weighted by molar-refractivity contribution is 6.04. The second-order valence-electron chi connectivity index (χ2n) is 8.61. The first-order valence-corrected chi connectivity index (χ1v) is 10.9. The van der Waals surface area contributed by atoms with Gasteiger partial charge in [0.2, 0.25) is 5.91 Å². The third-order valence-electron chi connectivity index (χ3n) is 5.56. The number of carbonyl (C=O) groups is 3. The number of hydrogen-bond acceptors (Lipinski definition) is 9. The van der Waals surface area contributed by atoms with E-state index in [0.29, 0.717) is 11.3 Å². The molecule has 10 nitrogen and oxygen atoms in total. The Balaban J connectivity index is 2.07. The molecule has 1 aromatic carbocycles. The van der Waals surface area contributed by atoms with Crippen LogP contribution in [0.3, 0.4) is 0 Å². The summed E-state index contributed by atoms with van der Waals surface area (Å²) in [5.41, 5.74) is 0.832. The van der Waals surface area contributed by atoms with E-state index in [-0.39, 0.29) is 42.4 Å². The van der Waals surface area contributed by atoms with Gasteiger partial charge < -0.3 is 33.7 Å². The van der Waals surface area contributed by atoms with Crippen LogP contribution in [-0.2, 0) is 28.5 Å². The fourth-order valence-electron chi connectivity index (χ4n) is 3.75. The van der Waals surface area contributed by atoms with Crippen LogP contribution >= 0.6 is 0 Å². The van der Waals surface area contributed by atoms with Crippen LogP contribution in [-0.4, -0.2) is 62.8 Å². The van der Waals surface area contributed by atoms with Gasteiger partial charge in [0.1, 0.15) is 35.4 Å². The topological polar surface area (TPSA) is 119 Å². The van der Waals surface area contributed by atoms with Crippen molar-refractivity contribution < 1.29 is 42.8 Å². The molecule has 2 aliphatic heterocycles. The van der Waals surface area contributed by atoms with Crippen LogP contribution in [0.25, 0.3) is 0 Å². The number of carbonyl (C=O) groups excluding carboxylic acids is 3. The Labute approximate surface area is 198 Å². The van der Waals surface area contributed by atoms with E-state index in [1.54, 1.807) is 33.8 Å². The minimum Gasteiger partial charge on any atom is -0.497 e. The standard InChI is InChI=1S/C24H31NO9/c1-13-7-8-17(26)22-19(33-24(3,4)34-22)11-20(27)25-16-9-15(30-6)10-18(31-12-29-5)21(16)23(28)32-14(13)2/h7,9-10,14,19,22H,8,11-12H2,1-6H3,(H,25,27)/t14-,19-,22+/m0/s1. The molecule has 1 saturated heterocycles. The van der Waals surface area contributed by atoms with Gasteiger partial charge in [0, 0.05) is 25.7 Å². The molecular formula is C24H31NO9. The number of cyclic esters (lactones) is 1. The maximum absolute atomic E-state index is 13.2. The number of fused-ring (bicyclic) bond motifs is 2. The number of nitrogens with one attached hydrogen (secondary N) is 1. The largest absolute Gasteiger partial charge is 0.497 e. The van der Waals surface area contributed by atoms with E-state index in [1.807, 2.05) is 0 Å². The first kappa shape index (κ1) is 25.7. The Kier molecular flexibility index (Phi) is 7.96. The van der Waals surface area contributed by atoms with E-state index in [4.69, 9.17) is 28.4 Å².